The molecule has 0 radical (unpaired) electrons. The van der Waals surface area contributed by atoms with E-state index in [9.17, 15) is 27.5 Å². The van der Waals surface area contributed by atoms with Crippen LogP contribution in [0.1, 0.15) is 48.1 Å². The molecule has 1 heterocycles. The molecule has 0 saturated carbocycles. The molecule has 1 saturated heterocycles. The van der Waals surface area contributed by atoms with E-state index in [-0.39, 0.29) is 17.9 Å². The van der Waals surface area contributed by atoms with E-state index in [0.717, 1.165) is 0 Å². The van der Waals surface area contributed by atoms with Crippen molar-refractivity contribution in [2.75, 3.05) is 4.90 Å². The number of benzene rings is 3. The van der Waals surface area contributed by atoms with Gasteiger partial charge in [-0.1, -0.05) is 36.4 Å². The van der Waals surface area contributed by atoms with Gasteiger partial charge >= 0.3 is 0 Å². The van der Waals surface area contributed by atoms with Crippen LogP contribution in [0.25, 0.3) is 0 Å². The summed E-state index contributed by atoms with van der Waals surface area (Å²) in [4.78, 5) is 14.5. The third-order valence-electron chi connectivity index (χ3n) is 5.85. The Balaban J connectivity index is 1.56. The highest BCUT2D eigenvalue weighted by molar-refractivity contribution is 6.03. The molecule has 0 aliphatic carbocycles. The SMILES string of the molecule is O=C1[C@H](CC[C@H](O)c2ccc(F)cc2)C(c2ccc(C(F)F)cc2)N1c1ccc(F)cc1. The lowest BCUT2D eigenvalue weighted by Crippen LogP contribution is -2.55. The number of hydrogen-bond donors (Lipinski definition) is 1. The fourth-order valence-electron chi connectivity index (χ4n) is 4.13. The average Bonchev–Trinajstić information content (AvgIpc) is 2.79. The zero-order chi connectivity index (χ0) is 22.8. The lowest BCUT2D eigenvalue weighted by Gasteiger charge is -2.48. The third-order valence-corrected chi connectivity index (χ3v) is 5.85. The van der Waals surface area contributed by atoms with Crippen LogP contribution < -0.4 is 4.90 Å². The van der Waals surface area contributed by atoms with E-state index in [1.807, 2.05) is 0 Å². The number of alkyl halides is 2. The zero-order valence-corrected chi connectivity index (χ0v) is 17.0. The molecule has 3 aromatic carbocycles. The van der Waals surface area contributed by atoms with Crippen molar-refractivity contribution in [1.82, 2.24) is 0 Å². The van der Waals surface area contributed by atoms with E-state index < -0.39 is 36.1 Å². The maximum absolute atomic E-state index is 13.4. The summed E-state index contributed by atoms with van der Waals surface area (Å²) >= 11 is 0. The van der Waals surface area contributed by atoms with Gasteiger partial charge in [0.05, 0.1) is 18.1 Å². The zero-order valence-electron chi connectivity index (χ0n) is 17.0. The van der Waals surface area contributed by atoms with E-state index in [1.165, 1.54) is 65.6 Å². The summed E-state index contributed by atoms with van der Waals surface area (Å²) in [5.74, 6) is -1.51. The summed E-state index contributed by atoms with van der Waals surface area (Å²) in [5, 5.41) is 10.5. The second-order valence-electron chi connectivity index (χ2n) is 7.85. The molecule has 166 valence electrons. The molecule has 1 aliphatic rings. The first kappa shape index (κ1) is 22.0. The van der Waals surface area contributed by atoms with Crippen LogP contribution in [0.5, 0.6) is 0 Å². The Morgan fingerprint density at radius 1 is 0.812 bits per heavy atom. The Labute approximate surface area is 182 Å². The minimum Gasteiger partial charge on any atom is -0.388 e. The summed E-state index contributed by atoms with van der Waals surface area (Å²) in [6.07, 6.45) is -2.85. The van der Waals surface area contributed by atoms with Gasteiger partial charge < -0.3 is 10.0 Å². The number of β-lactam (4-membered cyclic amide) rings is 1. The molecule has 0 aromatic heterocycles. The van der Waals surface area contributed by atoms with Crippen LogP contribution in [0.2, 0.25) is 0 Å². The first-order chi connectivity index (χ1) is 15.3. The number of halogens is 4. The molecule has 4 rings (SSSR count). The quantitative estimate of drug-likeness (QED) is 0.353. The number of carbonyl (C=O) groups is 1. The molecule has 7 heteroatoms. The molecule has 3 aromatic rings. The van der Waals surface area contributed by atoms with Gasteiger partial charge in [0.1, 0.15) is 11.6 Å². The maximum Gasteiger partial charge on any atom is 0.263 e. The molecule has 1 N–H and O–H groups in total. The van der Waals surface area contributed by atoms with Gasteiger partial charge in [0.25, 0.3) is 6.43 Å². The smallest absolute Gasteiger partial charge is 0.263 e. The van der Waals surface area contributed by atoms with Crippen LogP contribution in [-0.4, -0.2) is 11.0 Å². The predicted octanol–water partition coefficient (Wildman–Crippen LogP) is 6.12. The summed E-state index contributed by atoms with van der Waals surface area (Å²) in [5.41, 5.74) is 1.62. The lowest BCUT2D eigenvalue weighted by molar-refractivity contribution is -0.131. The van der Waals surface area contributed by atoms with Gasteiger partial charge in [-0.05, 0) is 60.4 Å². The molecular formula is C25H21F4NO2. The van der Waals surface area contributed by atoms with Crippen LogP contribution in [-0.2, 0) is 4.79 Å². The third kappa shape index (κ3) is 4.39. The minimum atomic E-state index is -2.60. The molecule has 32 heavy (non-hydrogen) atoms. The van der Waals surface area contributed by atoms with Gasteiger partial charge in [0.2, 0.25) is 5.91 Å². The standard InChI is InChI=1S/C25H21F4NO2/c26-18-7-5-15(6-8-18)22(31)14-13-21-23(16-1-3-17(4-2-16)24(28)29)30(25(21)32)20-11-9-19(27)10-12-20/h1-12,21-24,31H,13-14H2/t21-,22+,23?/m1/s1. The van der Waals surface area contributed by atoms with Gasteiger partial charge in [-0.15, -0.1) is 0 Å². The van der Waals surface area contributed by atoms with Crippen molar-refractivity contribution < 1.29 is 27.5 Å². The van der Waals surface area contributed by atoms with Crippen LogP contribution in [0.3, 0.4) is 0 Å². The van der Waals surface area contributed by atoms with Crippen molar-refractivity contribution >= 4 is 11.6 Å². The molecule has 3 nitrogen and oxygen atoms in total. The topological polar surface area (TPSA) is 40.5 Å². The van der Waals surface area contributed by atoms with Crippen molar-refractivity contribution in [2.45, 2.75) is 31.4 Å². The van der Waals surface area contributed by atoms with E-state index >= 15 is 0 Å². The fourth-order valence-corrected chi connectivity index (χ4v) is 4.13. The van der Waals surface area contributed by atoms with Gasteiger partial charge in [-0.2, -0.15) is 0 Å². The second kappa shape index (κ2) is 9.12. The number of carbonyl (C=O) groups excluding carboxylic acids is 1. The Hall–Kier alpha value is -3.19. The number of nitrogens with zero attached hydrogens (tertiary/aromatic N) is 1. The van der Waals surface area contributed by atoms with Crippen LogP contribution in [0.4, 0.5) is 23.2 Å². The van der Waals surface area contributed by atoms with Gasteiger partial charge in [-0.3, -0.25) is 4.79 Å². The second-order valence-corrected chi connectivity index (χ2v) is 7.85. The number of amides is 1. The van der Waals surface area contributed by atoms with Crippen molar-refractivity contribution in [3.05, 3.63) is 101 Å². The largest absolute Gasteiger partial charge is 0.388 e. The lowest BCUT2D eigenvalue weighted by atomic mass is 9.78. The summed E-state index contributed by atoms with van der Waals surface area (Å²) in [6, 6.07) is 16.4. The predicted molar refractivity (Wildman–Crippen MR) is 112 cm³/mol. The monoisotopic (exact) mass is 443 g/mol. The van der Waals surface area contributed by atoms with Crippen molar-refractivity contribution in [3.63, 3.8) is 0 Å². The first-order valence-corrected chi connectivity index (χ1v) is 10.3. The Morgan fingerprint density at radius 2 is 1.34 bits per heavy atom. The summed E-state index contributed by atoms with van der Waals surface area (Å²) in [6.45, 7) is 0. The van der Waals surface area contributed by atoms with Gasteiger partial charge in [0, 0.05) is 11.3 Å². The molecule has 0 spiro atoms. The maximum atomic E-state index is 13.4. The highest BCUT2D eigenvalue weighted by atomic mass is 19.3. The van der Waals surface area contributed by atoms with E-state index in [1.54, 1.807) is 12.1 Å². The Kier molecular flexibility index (Phi) is 6.28. The number of aliphatic hydroxyl groups excluding tert-OH is 1. The molecule has 1 amide bonds. The van der Waals surface area contributed by atoms with Crippen LogP contribution >= 0.6 is 0 Å². The molecule has 0 bridgehead atoms. The summed E-state index contributed by atoms with van der Waals surface area (Å²) in [7, 11) is 0. The van der Waals surface area contributed by atoms with Gasteiger partial charge in [-0.25, -0.2) is 17.6 Å². The number of rotatable bonds is 7. The van der Waals surface area contributed by atoms with E-state index in [4.69, 9.17) is 0 Å². The molecule has 1 fully saturated rings. The van der Waals surface area contributed by atoms with Crippen molar-refractivity contribution in [3.8, 4) is 0 Å². The number of hydrogen-bond acceptors (Lipinski definition) is 2. The van der Waals surface area contributed by atoms with E-state index in [0.29, 0.717) is 23.2 Å². The Morgan fingerprint density at radius 3 is 1.91 bits per heavy atom. The van der Waals surface area contributed by atoms with Crippen molar-refractivity contribution in [2.24, 2.45) is 5.92 Å². The fraction of sp³-hybridized carbons (Fsp3) is 0.240. The minimum absolute atomic E-state index is 0.115. The molecule has 1 aliphatic heterocycles. The van der Waals surface area contributed by atoms with E-state index in [2.05, 4.69) is 0 Å². The molecule has 1 unspecified atom stereocenters. The first-order valence-electron chi connectivity index (χ1n) is 10.3. The van der Waals surface area contributed by atoms with Crippen LogP contribution in [0.15, 0.2) is 72.8 Å². The Bertz CT molecular complexity index is 1070. The molecule has 3 atom stereocenters. The highest BCUT2D eigenvalue weighted by Crippen LogP contribution is 2.46. The number of aliphatic hydroxyl groups is 1. The average molecular weight is 443 g/mol. The highest BCUT2D eigenvalue weighted by Gasteiger charge is 2.48. The van der Waals surface area contributed by atoms with Crippen LogP contribution in [0, 0.1) is 17.6 Å². The summed E-state index contributed by atoms with van der Waals surface area (Å²) < 4.78 is 52.4. The van der Waals surface area contributed by atoms with Gasteiger partial charge in [0.15, 0.2) is 0 Å². The number of anilines is 1. The molecular weight excluding hydrogens is 422 g/mol. The normalized spacial score (nSPS) is 19.2. The van der Waals surface area contributed by atoms with Crippen molar-refractivity contribution in [1.29, 1.82) is 0 Å².